The first kappa shape index (κ1) is 40.6. The molecule has 0 heterocycles. The minimum atomic E-state index is -0.548. The number of nitrogens with two attached hydrogens (primary N) is 1. The summed E-state index contributed by atoms with van der Waals surface area (Å²) in [5, 5.41) is 36.1. The summed E-state index contributed by atoms with van der Waals surface area (Å²) in [5.41, 5.74) is 5.39. The van der Waals surface area contributed by atoms with Gasteiger partial charge in [-0.1, -0.05) is 6.42 Å². The van der Waals surface area contributed by atoms with Gasteiger partial charge >= 0.3 is 0 Å². The molecule has 0 fully saturated rings. The van der Waals surface area contributed by atoms with Crippen LogP contribution in [-0.2, 0) is 24.0 Å². The standard InChI is InChI=1S/C25H48N6O8.Ca/c1-21(32)29(37)18-9-3-6-16-27-22(33)12-14-25(36)31(39)20-10-4-7-17-28-23(34)11-13-24(35)30(38)19-8-2-5-15-26;/h37-39H,2-20,26H2,1H3,(H,27,33)(H,28,34);. The van der Waals surface area contributed by atoms with E-state index < -0.39 is 17.7 Å². The molecule has 0 aromatic carbocycles. The van der Waals surface area contributed by atoms with E-state index in [4.69, 9.17) is 5.73 Å². The van der Waals surface area contributed by atoms with Crippen LogP contribution in [0.3, 0.4) is 0 Å². The zero-order valence-electron chi connectivity index (χ0n) is 23.9. The molecule has 0 spiro atoms. The number of hydrogen-bond donors (Lipinski definition) is 6. The first-order valence-electron chi connectivity index (χ1n) is 13.8. The number of hydroxylamine groups is 6. The van der Waals surface area contributed by atoms with Crippen LogP contribution >= 0.6 is 0 Å². The van der Waals surface area contributed by atoms with E-state index in [0.29, 0.717) is 73.3 Å². The van der Waals surface area contributed by atoms with Crippen molar-refractivity contribution in [3.63, 3.8) is 0 Å². The average molecular weight is 601 g/mol. The van der Waals surface area contributed by atoms with Crippen LogP contribution in [0, 0.1) is 0 Å². The van der Waals surface area contributed by atoms with Gasteiger partial charge in [0.15, 0.2) is 0 Å². The van der Waals surface area contributed by atoms with Crippen LogP contribution in [-0.4, -0.2) is 137 Å². The Hall–Kier alpha value is -1.55. The van der Waals surface area contributed by atoms with Crippen LogP contribution in [0.15, 0.2) is 0 Å². The first-order valence-corrected chi connectivity index (χ1v) is 13.8. The van der Waals surface area contributed by atoms with Crippen LogP contribution in [0.5, 0.6) is 0 Å². The van der Waals surface area contributed by atoms with E-state index >= 15 is 0 Å². The third-order valence-electron chi connectivity index (χ3n) is 5.88. The fourth-order valence-electron chi connectivity index (χ4n) is 3.45. The Balaban J connectivity index is 0. The van der Waals surface area contributed by atoms with Gasteiger partial charge in [0.1, 0.15) is 0 Å². The smallest absolute Gasteiger partial charge is 0.246 e. The summed E-state index contributed by atoms with van der Waals surface area (Å²) >= 11 is 0. The normalized spacial score (nSPS) is 10.3. The molecule has 0 unspecified atom stereocenters. The van der Waals surface area contributed by atoms with Gasteiger partial charge in [-0.3, -0.25) is 39.6 Å². The first-order chi connectivity index (χ1) is 18.6. The third-order valence-corrected chi connectivity index (χ3v) is 5.88. The van der Waals surface area contributed by atoms with Crippen LogP contribution in [0.1, 0.15) is 90.4 Å². The quantitative estimate of drug-likeness (QED) is 0.0418. The van der Waals surface area contributed by atoms with E-state index in [1.807, 2.05) is 0 Å². The monoisotopic (exact) mass is 600 g/mol. The van der Waals surface area contributed by atoms with Crippen molar-refractivity contribution in [3.05, 3.63) is 0 Å². The molecule has 5 amide bonds. The maximum absolute atomic E-state index is 12.0. The fraction of sp³-hybridized carbons (Fsp3) is 0.800. The Morgan fingerprint density at radius 2 is 0.950 bits per heavy atom. The molecule has 0 aromatic rings. The van der Waals surface area contributed by atoms with Gasteiger partial charge in [0.05, 0.1) is 0 Å². The minimum Gasteiger partial charge on any atom is -0.356 e. The molecule has 2 radical (unpaired) electrons. The minimum absolute atomic E-state index is 0. The number of rotatable bonds is 23. The number of nitrogens with one attached hydrogen (secondary N) is 2. The molecule has 0 rings (SSSR count). The molecule has 7 N–H and O–H groups in total. The van der Waals surface area contributed by atoms with Gasteiger partial charge in [-0.15, -0.1) is 0 Å². The van der Waals surface area contributed by atoms with Crippen molar-refractivity contribution in [3.8, 4) is 0 Å². The Kier molecular flexibility index (Phi) is 26.7. The van der Waals surface area contributed by atoms with Crippen molar-refractivity contribution < 1.29 is 39.6 Å². The molecule has 0 saturated heterocycles. The number of nitrogens with zero attached hydrogens (tertiary/aromatic N) is 3. The van der Waals surface area contributed by atoms with Gasteiger partial charge in [-0.25, -0.2) is 15.2 Å². The second kappa shape index (κ2) is 26.4. The number of amides is 5. The second-order valence-electron chi connectivity index (χ2n) is 9.35. The number of hydrogen-bond acceptors (Lipinski definition) is 9. The number of carbonyl (C=O) groups is 5. The molecule has 0 saturated carbocycles. The van der Waals surface area contributed by atoms with Gasteiger partial charge in [-0.05, 0) is 57.9 Å². The van der Waals surface area contributed by atoms with E-state index in [2.05, 4.69) is 10.6 Å². The zero-order valence-corrected chi connectivity index (χ0v) is 26.2. The molecular formula is C25H48CaN6O8. The summed E-state index contributed by atoms with van der Waals surface area (Å²) in [6, 6.07) is 0. The average Bonchev–Trinajstić information content (AvgIpc) is 2.91. The summed E-state index contributed by atoms with van der Waals surface area (Å²) in [6.45, 7) is 3.22. The molecule has 0 aliphatic heterocycles. The summed E-state index contributed by atoms with van der Waals surface area (Å²) in [6.07, 6.45) is 5.84. The van der Waals surface area contributed by atoms with Crippen LogP contribution in [0.25, 0.3) is 0 Å². The Bertz CT molecular complexity index is 746. The Labute approximate surface area is 266 Å². The molecule has 40 heavy (non-hydrogen) atoms. The van der Waals surface area contributed by atoms with Gasteiger partial charge in [-0.2, -0.15) is 0 Å². The molecule has 15 heteroatoms. The molecule has 14 nitrogen and oxygen atoms in total. The molecule has 0 atom stereocenters. The summed E-state index contributed by atoms with van der Waals surface area (Å²) < 4.78 is 0. The van der Waals surface area contributed by atoms with Gasteiger partial charge < -0.3 is 16.4 Å². The SMILES string of the molecule is CC(=O)N(O)CCCCCNC(=O)CCC(=O)N(O)CCCCCNC(=O)CCC(=O)N(O)CCCCCN.[Ca]. The van der Waals surface area contributed by atoms with E-state index in [9.17, 15) is 39.6 Å². The van der Waals surface area contributed by atoms with Crippen molar-refractivity contribution >= 4 is 67.3 Å². The van der Waals surface area contributed by atoms with Gasteiger partial charge in [0, 0.05) is 103 Å². The van der Waals surface area contributed by atoms with Crippen molar-refractivity contribution in [2.24, 2.45) is 5.73 Å². The fourth-order valence-corrected chi connectivity index (χ4v) is 3.45. The van der Waals surface area contributed by atoms with Gasteiger partial charge in [0.25, 0.3) is 0 Å². The number of carbonyl (C=O) groups excluding carboxylic acids is 5. The zero-order chi connectivity index (χ0) is 29.5. The Morgan fingerprint density at radius 3 is 1.32 bits per heavy atom. The van der Waals surface area contributed by atoms with Crippen LogP contribution in [0.4, 0.5) is 0 Å². The topological polar surface area (TPSA) is 206 Å². The molecular weight excluding hydrogens is 552 g/mol. The maximum Gasteiger partial charge on any atom is 0.246 e. The Morgan fingerprint density at radius 1 is 0.575 bits per heavy atom. The van der Waals surface area contributed by atoms with Crippen molar-refractivity contribution in [2.75, 3.05) is 39.3 Å². The van der Waals surface area contributed by atoms with E-state index in [1.54, 1.807) is 0 Å². The van der Waals surface area contributed by atoms with Gasteiger partial charge in [0.2, 0.25) is 29.5 Å². The van der Waals surface area contributed by atoms with Crippen molar-refractivity contribution in [1.29, 1.82) is 0 Å². The summed E-state index contributed by atoms with van der Waals surface area (Å²) in [5.74, 6) is -2.05. The molecule has 0 bridgehead atoms. The van der Waals surface area contributed by atoms with E-state index in [-0.39, 0.29) is 94.9 Å². The van der Waals surface area contributed by atoms with Crippen LogP contribution < -0.4 is 16.4 Å². The summed E-state index contributed by atoms with van der Waals surface area (Å²) in [7, 11) is 0. The van der Waals surface area contributed by atoms with E-state index in [0.717, 1.165) is 19.3 Å². The van der Waals surface area contributed by atoms with Crippen LogP contribution in [0.2, 0.25) is 0 Å². The largest absolute Gasteiger partial charge is 0.356 e. The summed E-state index contributed by atoms with van der Waals surface area (Å²) in [4.78, 5) is 58.4. The predicted octanol–water partition coefficient (Wildman–Crippen LogP) is 0.541. The predicted molar refractivity (Wildman–Crippen MR) is 147 cm³/mol. The molecule has 0 aliphatic carbocycles. The van der Waals surface area contributed by atoms with E-state index in [1.165, 1.54) is 6.92 Å². The second-order valence-corrected chi connectivity index (χ2v) is 9.35. The molecule has 0 aromatic heterocycles. The maximum atomic E-state index is 12.0. The molecule has 228 valence electrons. The van der Waals surface area contributed by atoms with Crippen molar-refractivity contribution in [1.82, 2.24) is 25.8 Å². The third kappa shape index (κ3) is 23.2. The number of unbranched alkanes of at least 4 members (excludes halogenated alkanes) is 6. The van der Waals surface area contributed by atoms with Crippen molar-refractivity contribution in [2.45, 2.75) is 90.4 Å². The molecule has 0 aliphatic rings.